The van der Waals surface area contributed by atoms with Gasteiger partial charge in [0.1, 0.15) is 5.75 Å². The average Bonchev–Trinajstić information content (AvgIpc) is 2.45. The Morgan fingerprint density at radius 2 is 1.67 bits per heavy atom. The Bertz CT molecular complexity index is 573. The van der Waals surface area contributed by atoms with E-state index in [0.717, 1.165) is 18.0 Å². The quantitative estimate of drug-likeness (QED) is 0.870. The molecule has 2 nitrogen and oxygen atoms in total. The van der Waals surface area contributed by atoms with Crippen LogP contribution in [0.4, 0.5) is 0 Å². The molecule has 110 valence electrons. The number of rotatable bonds is 5. The van der Waals surface area contributed by atoms with Gasteiger partial charge in [0, 0.05) is 11.1 Å². The first kappa shape index (κ1) is 14.4. The standard InChI is InChI=1S/C18H20ClNO/c19-16-5-3-14(4-6-16)15-11-17(12-15)20-10-9-13-1-7-18(21)8-2-13/h1-8,15,17,20-21H,9-12H2. The Kier molecular flexibility index (Phi) is 4.47. The average molecular weight is 302 g/mol. The van der Waals surface area contributed by atoms with E-state index in [-0.39, 0.29) is 0 Å². The largest absolute Gasteiger partial charge is 0.508 e. The van der Waals surface area contributed by atoms with Crippen LogP contribution in [0.2, 0.25) is 5.02 Å². The van der Waals surface area contributed by atoms with Crippen LogP contribution in [-0.4, -0.2) is 17.7 Å². The molecule has 1 fully saturated rings. The number of hydrogen-bond acceptors (Lipinski definition) is 2. The van der Waals surface area contributed by atoms with Gasteiger partial charge in [0.15, 0.2) is 0 Å². The van der Waals surface area contributed by atoms with E-state index >= 15 is 0 Å². The van der Waals surface area contributed by atoms with Gasteiger partial charge in [0.05, 0.1) is 0 Å². The Balaban J connectivity index is 1.39. The first-order valence-electron chi connectivity index (χ1n) is 7.47. The van der Waals surface area contributed by atoms with Crippen molar-refractivity contribution in [1.29, 1.82) is 0 Å². The summed E-state index contributed by atoms with van der Waals surface area (Å²) in [4.78, 5) is 0. The van der Waals surface area contributed by atoms with Crippen molar-refractivity contribution in [2.24, 2.45) is 0 Å². The lowest BCUT2D eigenvalue weighted by molar-refractivity contribution is 0.293. The van der Waals surface area contributed by atoms with E-state index in [1.165, 1.54) is 24.0 Å². The number of nitrogens with one attached hydrogen (secondary N) is 1. The van der Waals surface area contributed by atoms with Crippen LogP contribution in [0.5, 0.6) is 5.75 Å². The highest BCUT2D eigenvalue weighted by Crippen LogP contribution is 2.37. The summed E-state index contributed by atoms with van der Waals surface area (Å²) < 4.78 is 0. The van der Waals surface area contributed by atoms with Crippen LogP contribution in [0.25, 0.3) is 0 Å². The van der Waals surface area contributed by atoms with Crippen LogP contribution in [0, 0.1) is 0 Å². The molecule has 0 amide bonds. The fourth-order valence-electron chi connectivity index (χ4n) is 2.87. The second kappa shape index (κ2) is 6.50. The zero-order valence-electron chi connectivity index (χ0n) is 11.9. The van der Waals surface area contributed by atoms with Gasteiger partial charge in [-0.3, -0.25) is 0 Å². The van der Waals surface area contributed by atoms with Gasteiger partial charge < -0.3 is 10.4 Å². The van der Waals surface area contributed by atoms with E-state index in [2.05, 4.69) is 17.4 Å². The summed E-state index contributed by atoms with van der Waals surface area (Å²) in [6, 6.07) is 16.3. The number of phenolic OH excluding ortho intramolecular Hbond substituents is 1. The van der Waals surface area contributed by atoms with Crippen LogP contribution >= 0.6 is 11.6 Å². The molecule has 3 rings (SSSR count). The van der Waals surface area contributed by atoms with Gasteiger partial charge >= 0.3 is 0 Å². The SMILES string of the molecule is Oc1ccc(CCNC2CC(c3ccc(Cl)cc3)C2)cc1. The van der Waals surface area contributed by atoms with Crippen molar-refractivity contribution in [3.05, 3.63) is 64.7 Å². The highest BCUT2D eigenvalue weighted by atomic mass is 35.5. The van der Waals surface area contributed by atoms with Crippen LogP contribution in [0.3, 0.4) is 0 Å². The molecule has 2 aromatic rings. The predicted molar refractivity (Wildman–Crippen MR) is 87.0 cm³/mol. The molecule has 0 aromatic heterocycles. The topological polar surface area (TPSA) is 32.3 Å². The minimum Gasteiger partial charge on any atom is -0.508 e. The number of benzene rings is 2. The second-order valence-corrected chi connectivity index (χ2v) is 6.22. The summed E-state index contributed by atoms with van der Waals surface area (Å²) in [6.07, 6.45) is 3.41. The van der Waals surface area contributed by atoms with Crippen molar-refractivity contribution in [2.45, 2.75) is 31.2 Å². The van der Waals surface area contributed by atoms with Crippen LogP contribution in [-0.2, 0) is 6.42 Å². The van der Waals surface area contributed by atoms with E-state index < -0.39 is 0 Å². The maximum Gasteiger partial charge on any atom is 0.115 e. The minimum absolute atomic E-state index is 0.330. The number of aromatic hydroxyl groups is 1. The molecule has 1 aliphatic carbocycles. The van der Waals surface area contributed by atoms with Crippen LogP contribution in [0.1, 0.15) is 29.9 Å². The zero-order chi connectivity index (χ0) is 14.7. The van der Waals surface area contributed by atoms with Crippen molar-refractivity contribution < 1.29 is 5.11 Å². The molecule has 21 heavy (non-hydrogen) atoms. The number of hydrogen-bond donors (Lipinski definition) is 2. The third-order valence-corrected chi connectivity index (χ3v) is 4.51. The van der Waals surface area contributed by atoms with E-state index in [4.69, 9.17) is 11.6 Å². The van der Waals surface area contributed by atoms with Crippen molar-refractivity contribution in [1.82, 2.24) is 5.32 Å². The van der Waals surface area contributed by atoms with Crippen LogP contribution in [0.15, 0.2) is 48.5 Å². The van der Waals surface area contributed by atoms with Gasteiger partial charge in [-0.1, -0.05) is 35.9 Å². The molecule has 0 bridgehead atoms. The maximum atomic E-state index is 9.25. The summed E-state index contributed by atoms with van der Waals surface area (Å²) in [5.41, 5.74) is 2.66. The minimum atomic E-state index is 0.330. The van der Waals surface area contributed by atoms with Gasteiger partial charge in [0.25, 0.3) is 0 Å². The molecular weight excluding hydrogens is 282 g/mol. The summed E-state index contributed by atoms with van der Waals surface area (Å²) in [5.74, 6) is 1.00. The molecule has 2 aromatic carbocycles. The molecule has 0 spiro atoms. The molecule has 0 unspecified atom stereocenters. The molecule has 0 radical (unpaired) electrons. The molecule has 0 atom stereocenters. The third kappa shape index (κ3) is 3.78. The molecule has 1 saturated carbocycles. The molecule has 0 aliphatic heterocycles. The Labute approximate surface area is 130 Å². The Morgan fingerprint density at radius 1 is 1.00 bits per heavy atom. The predicted octanol–water partition coefficient (Wildman–Crippen LogP) is 4.12. The first-order valence-corrected chi connectivity index (χ1v) is 7.85. The molecule has 0 heterocycles. The van der Waals surface area contributed by atoms with E-state index in [0.29, 0.717) is 17.7 Å². The lowest BCUT2D eigenvalue weighted by atomic mass is 9.76. The van der Waals surface area contributed by atoms with Crippen molar-refractivity contribution in [3.63, 3.8) is 0 Å². The Morgan fingerprint density at radius 3 is 2.33 bits per heavy atom. The van der Waals surface area contributed by atoms with Crippen molar-refractivity contribution >= 4 is 11.6 Å². The summed E-state index contributed by atoms with van der Waals surface area (Å²) in [5, 5.41) is 13.7. The fraction of sp³-hybridized carbons (Fsp3) is 0.333. The van der Waals surface area contributed by atoms with Crippen molar-refractivity contribution in [3.8, 4) is 5.75 Å². The maximum absolute atomic E-state index is 9.25. The van der Waals surface area contributed by atoms with Gasteiger partial charge in [-0.2, -0.15) is 0 Å². The molecule has 3 heteroatoms. The van der Waals surface area contributed by atoms with Crippen LogP contribution < -0.4 is 5.32 Å². The number of phenols is 1. The lowest BCUT2D eigenvalue weighted by Gasteiger charge is -2.36. The van der Waals surface area contributed by atoms with Gasteiger partial charge in [0.2, 0.25) is 0 Å². The molecule has 1 aliphatic rings. The molecule has 2 N–H and O–H groups in total. The van der Waals surface area contributed by atoms with E-state index in [1.54, 1.807) is 12.1 Å². The summed E-state index contributed by atoms with van der Waals surface area (Å²) in [6.45, 7) is 0.989. The van der Waals surface area contributed by atoms with E-state index in [1.807, 2.05) is 24.3 Å². The number of halogens is 1. The molecular formula is C18H20ClNO. The van der Waals surface area contributed by atoms with Gasteiger partial charge in [-0.25, -0.2) is 0 Å². The zero-order valence-corrected chi connectivity index (χ0v) is 12.7. The smallest absolute Gasteiger partial charge is 0.115 e. The van der Waals surface area contributed by atoms with E-state index in [9.17, 15) is 5.11 Å². The summed E-state index contributed by atoms with van der Waals surface area (Å²) in [7, 11) is 0. The molecule has 0 saturated heterocycles. The third-order valence-electron chi connectivity index (χ3n) is 4.26. The van der Waals surface area contributed by atoms with Gasteiger partial charge in [-0.15, -0.1) is 0 Å². The lowest BCUT2D eigenvalue weighted by Crippen LogP contribution is -2.40. The Hall–Kier alpha value is -1.51. The second-order valence-electron chi connectivity index (χ2n) is 5.79. The normalized spacial score (nSPS) is 21.0. The monoisotopic (exact) mass is 301 g/mol. The van der Waals surface area contributed by atoms with Crippen molar-refractivity contribution in [2.75, 3.05) is 6.54 Å². The highest BCUT2D eigenvalue weighted by molar-refractivity contribution is 6.30. The summed E-state index contributed by atoms with van der Waals surface area (Å²) >= 11 is 5.91. The first-order chi connectivity index (χ1) is 10.2. The highest BCUT2D eigenvalue weighted by Gasteiger charge is 2.29. The van der Waals surface area contributed by atoms with Gasteiger partial charge in [-0.05, 0) is 67.1 Å². The fourth-order valence-corrected chi connectivity index (χ4v) is 3.00.